The van der Waals surface area contributed by atoms with Crippen molar-refractivity contribution >= 4 is 23.0 Å². The molecule has 0 atom stereocenters. The molecule has 0 heterocycles. The highest BCUT2D eigenvalue weighted by Gasteiger charge is 1.99. The average Bonchev–Trinajstić information content (AvgIpc) is 2.32. The van der Waals surface area contributed by atoms with Crippen LogP contribution in [-0.2, 0) is 0 Å². The fourth-order valence-electron chi connectivity index (χ4n) is 1.81. The summed E-state index contributed by atoms with van der Waals surface area (Å²) < 4.78 is 0. The van der Waals surface area contributed by atoms with Crippen molar-refractivity contribution in [3.63, 3.8) is 0 Å². The maximum Gasteiger partial charge on any atom is 0.0588 e. The summed E-state index contributed by atoms with van der Waals surface area (Å²) in [6, 6.07) is 5.53. The number of nitrogens with two attached hydrogens (primary N) is 1. The molecule has 0 fully saturated rings. The molecule has 0 amide bonds. The minimum Gasteiger partial charge on any atom is -0.397 e. The van der Waals surface area contributed by atoms with E-state index in [0.717, 1.165) is 22.9 Å². The van der Waals surface area contributed by atoms with Crippen LogP contribution in [0.3, 0.4) is 0 Å². The maximum absolute atomic E-state index is 5.92. The molecule has 1 aromatic carbocycles. The van der Waals surface area contributed by atoms with Crippen molar-refractivity contribution in [1.29, 1.82) is 0 Å². The Morgan fingerprint density at radius 1 is 1.12 bits per heavy atom. The van der Waals surface area contributed by atoms with Crippen molar-refractivity contribution in [2.75, 3.05) is 17.6 Å². The van der Waals surface area contributed by atoms with Gasteiger partial charge in [-0.25, -0.2) is 0 Å². The molecule has 0 bridgehead atoms. The second-order valence-corrected chi connectivity index (χ2v) is 4.86. The van der Waals surface area contributed by atoms with Crippen molar-refractivity contribution in [2.45, 2.75) is 45.4 Å². The molecule has 3 N–H and O–H groups in total. The first kappa shape index (κ1) is 14.2. The number of unbranched alkanes of at least 4 members (excludes halogenated alkanes) is 5. The standard InChI is InChI=1S/C14H23ClN2/c1-2-3-4-5-6-7-10-17-14-11-12(15)8-9-13(14)16/h8-9,11,17H,2-7,10,16H2,1H3. The van der Waals surface area contributed by atoms with Crippen LogP contribution in [0.15, 0.2) is 18.2 Å². The van der Waals surface area contributed by atoms with Crippen LogP contribution in [-0.4, -0.2) is 6.54 Å². The quantitative estimate of drug-likeness (QED) is 0.522. The number of rotatable bonds is 8. The van der Waals surface area contributed by atoms with Gasteiger partial charge in [0, 0.05) is 11.6 Å². The summed E-state index contributed by atoms with van der Waals surface area (Å²) >= 11 is 5.92. The largest absolute Gasteiger partial charge is 0.397 e. The van der Waals surface area contributed by atoms with Crippen LogP contribution < -0.4 is 11.1 Å². The zero-order chi connectivity index (χ0) is 12.5. The van der Waals surface area contributed by atoms with Gasteiger partial charge in [-0.3, -0.25) is 0 Å². The van der Waals surface area contributed by atoms with Crippen LogP contribution >= 0.6 is 11.6 Å². The van der Waals surface area contributed by atoms with Gasteiger partial charge in [0.15, 0.2) is 0 Å². The van der Waals surface area contributed by atoms with Gasteiger partial charge in [0.05, 0.1) is 11.4 Å². The molecule has 1 aromatic rings. The third kappa shape index (κ3) is 5.83. The van der Waals surface area contributed by atoms with Crippen LogP contribution in [0, 0.1) is 0 Å². The Bertz CT molecular complexity index is 326. The number of hydrogen-bond acceptors (Lipinski definition) is 2. The third-order valence-corrected chi connectivity index (χ3v) is 3.10. The second kappa shape index (κ2) is 8.24. The van der Waals surface area contributed by atoms with Crippen LogP contribution in [0.4, 0.5) is 11.4 Å². The van der Waals surface area contributed by atoms with Gasteiger partial charge in [-0.05, 0) is 24.6 Å². The van der Waals surface area contributed by atoms with E-state index in [-0.39, 0.29) is 0 Å². The molecule has 96 valence electrons. The predicted molar refractivity (Wildman–Crippen MR) is 77.7 cm³/mol. The first-order valence-corrected chi connectivity index (χ1v) is 6.90. The van der Waals surface area contributed by atoms with Gasteiger partial charge >= 0.3 is 0 Å². The SMILES string of the molecule is CCCCCCCCNc1cc(Cl)ccc1N. The Morgan fingerprint density at radius 2 is 1.82 bits per heavy atom. The lowest BCUT2D eigenvalue weighted by molar-refractivity contribution is 0.617. The zero-order valence-electron chi connectivity index (χ0n) is 10.6. The average molecular weight is 255 g/mol. The van der Waals surface area contributed by atoms with Crippen LogP contribution in [0.2, 0.25) is 5.02 Å². The lowest BCUT2D eigenvalue weighted by atomic mass is 10.1. The highest BCUT2D eigenvalue weighted by Crippen LogP contribution is 2.22. The van der Waals surface area contributed by atoms with Crippen molar-refractivity contribution in [3.8, 4) is 0 Å². The second-order valence-electron chi connectivity index (χ2n) is 4.43. The van der Waals surface area contributed by atoms with Crippen molar-refractivity contribution < 1.29 is 0 Å². The zero-order valence-corrected chi connectivity index (χ0v) is 11.4. The summed E-state index contributed by atoms with van der Waals surface area (Å²) in [6.07, 6.45) is 7.82. The highest BCUT2D eigenvalue weighted by molar-refractivity contribution is 6.31. The van der Waals surface area contributed by atoms with E-state index >= 15 is 0 Å². The van der Waals surface area contributed by atoms with Gasteiger partial charge in [0.1, 0.15) is 0 Å². The number of benzene rings is 1. The van der Waals surface area contributed by atoms with Gasteiger partial charge < -0.3 is 11.1 Å². The first-order valence-electron chi connectivity index (χ1n) is 6.53. The summed E-state index contributed by atoms with van der Waals surface area (Å²) in [7, 11) is 0. The molecule has 1 rings (SSSR count). The molecule has 0 spiro atoms. The van der Waals surface area contributed by atoms with Gasteiger partial charge in [-0.15, -0.1) is 0 Å². The van der Waals surface area contributed by atoms with E-state index in [9.17, 15) is 0 Å². The van der Waals surface area contributed by atoms with Gasteiger partial charge in [-0.2, -0.15) is 0 Å². The normalized spacial score (nSPS) is 10.5. The topological polar surface area (TPSA) is 38.0 Å². The van der Waals surface area contributed by atoms with E-state index < -0.39 is 0 Å². The Labute approximate surface area is 110 Å². The summed E-state index contributed by atoms with van der Waals surface area (Å²) in [5.74, 6) is 0. The molecule has 0 aliphatic carbocycles. The smallest absolute Gasteiger partial charge is 0.0588 e. The Balaban J connectivity index is 2.15. The van der Waals surface area contributed by atoms with Crippen LogP contribution in [0.1, 0.15) is 45.4 Å². The first-order chi connectivity index (χ1) is 8.24. The molecule has 0 aromatic heterocycles. The Kier molecular flexibility index (Phi) is 6.87. The van der Waals surface area contributed by atoms with Crippen LogP contribution in [0.25, 0.3) is 0 Å². The number of anilines is 2. The lowest BCUT2D eigenvalue weighted by Gasteiger charge is -2.09. The molecular weight excluding hydrogens is 232 g/mol. The monoisotopic (exact) mass is 254 g/mol. The molecule has 2 nitrogen and oxygen atoms in total. The van der Waals surface area contributed by atoms with E-state index in [1.54, 1.807) is 0 Å². The molecule has 0 saturated heterocycles. The lowest BCUT2D eigenvalue weighted by Crippen LogP contribution is -2.04. The molecule has 0 aliphatic heterocycles. The number of halogens is 1. The van der Waals surface area contributed by atoms with Crippen LogP contribution in [0.5, 0.6) is 0 Å². The van der Waals surface area contributed by atoms with Crippen molar-refractivity contribution in [2.24, 2.45) is 0 Å². The van der Waals surface area contributed by atoms with E-state index in [2.05, 4.69) is 12.2 Å². The molecule has 0 unspecified atom stereocenters. The van der Waals surface area contributed by atoms with E-state index in [4.69, 9.17) is 17.3 Å². The van der Waals surface area contributed by atoms with Gasteiger partial charge in [-0.1, -0.05) is 50.6 Å². The molecule has 0 aliphatic rings. The molecular formula is C14H23ClN2. The molecule has 3 heteroatoms. The fraction of sp³-hybridized carbons (Fsp3) is 0.571. The summed E-state index contributed by atoms with van der Waals surface area (Å²) in [5, 5.41) is 4.06. The Hall–Kier alpha value is -0.890. The predicted octanol–water partition coefficient (Wildman–Crippen LogP) is 4.69. The Morgan fingerprint density at radius 3 is 2.59 bits per heavy atom. The maximum atomic E-state index is 5.92. The molecule has 0 saturated carbocycles. The fourth-order valence-corrected chi connectivity index (χ4v) is 1.98. The van der Waals surface area contributed by atoms with E-state index in [1.807, 2.05) is 18.2 Å². The molecule has 17 heavy (non-hydrogen) atoms. The third-order valence-electron chi connectivity index (χ3n) is 2.86. The van der Waals surface area contributed by atoms with Gasteiger partial charge in [0.25, 0.3) is 0 Å². The summed E-state index contributed by atoms with van der Waals surface area (Å²) in [4.78, 5) is 0. The van der Waals surface area contributed by atoms with Gasteiger partial charge in [0.2, 0.25) is 0 Å². The van der Waals surface area contributed by atoms with E-state index in [1.165, 1.54) is 38.5 Å². The van der Waals surface area contributed by atoms with E-state index in [0.29, 0.717) is 0 Å². The number of hydrogen-bond donors (Lipinski definition) is 2. The van der Waals surface area contributed by atoms with Crippen molar-refractivity contribution in [3.05, 3.63) is 23.2 Å². The number of nitrogen functional groups attached to an aromatic ring is 1. The summed E-state index contributed by atoms with van der Waals surface area (Å²) in [6.45, 7) is 3.21. The highest BCUT2D eigenvalue weighted by atomic mass is 35.5. The summed E-state index contributed by atoms with van der Waals surface area (Å²) in [5.41, 5.74) is 7.56. The molecule has 0 radical (unpaired) electrons. The van der Waals surface area contributed by atoms with Crippen molar-refractivity contribution in [1.82, 2.24) is 0 Å². The number of nitrogens with one attached hydrogen (secondary N) is 1. The minimum atomic E-state index is 0.727. The minimum absolute atomic E-state index is 0.727.